The summed E-state index contributed by atoms with van der Waals surface area (Å²) in [5.74, 6) is 0.537. The smallest absolute Gasteiger partial charge is 0.327 e. The SMILES string of the molecule is NC1CCCC2CN(C(c3ccccc3)C(F)(F)F)CC12. The summed E-state index contributed by atoms with van der Waals surface area (Å²) in [7, 11) is 0. The summed E-state index contributed by atoms with van der Waals surface area (Å²) in [5, 5.41) is 0. The van der Waals surface area contributed by atoms with Gasteiger partial charge in [-0.05, 0) is 30.2 Å². The molecule has 4 unspecified atom stereocenters. The number of benzene rings is 1. The molecule has 1 aliphatic heterocycles. The standard InChI is InChI=1S/C16H21F3N2/c17-16(18,19)15(11-5-2-1-3-6-11)21-9-12-7-4-8-14(20)13(12)10-21/h1-3,5-6,12-15H,4,7-10,20H2. The summed E-state index contributed by atoms with van der Waals surface area (Å²) in [6.45, 7) is 0.975. The fourth-order valence-electron chi connectivity index (χ4n) is 4.00. The molecule has 1 saturated heterocycles. The van der Waals surface area contributed by atoms with Gasteiger partial charge in [0.25, 0.3) is 0 Å². The Morgan fingerprint density at radius 2 is 1.81 bits per heavy atom. The molecule has 3 rings (SSSR count). The van der Waals surface area contributed by atoms with Crippen LogP contribution in [0.3, 0.4) is 0 Å². The average Bonchev–Trinajstić information content (AvgIpc) is 2.83. The lowest BCUT2D eigenvalue weighted by molar-refractivity contribution is -0.184. The summed E-state index contributed by atoms with van der Waals surface area (Å²) in [6, 6.07) is 6.78. The van der Waals surface area contributed by atoms with E-state index in [1.54, 1.807) is 35.2 Å². The molecule has 1 heterocycles. The van der Waals surface area contributed by atoms with E-state index in [1.165, 1.54) is 0 Å². The molecule has 1 aromatic carbocycles. The molecule has 0 bridgehead atoms. The van der Waals surface area contributed by atoms with Crippen molar-refractivity contribution in [2.75, 3.05) is 13.1 Å². The predicted molar refractivity (Wildman–Crippen MR) is 75.6 cm³/mol. The van der Waals surface area contributed by atoms with Gasteiger partial charge in [-0.1, -0.05) is 36.8 Å². The third-order valence-electron chi connectivity index (χ3n) is 4.97. The van der Waals surface area contributed by atoms with Crippen LogP contribution < -0.4 is 5.73 Å². The molecule has 2 fully saturated rings. The Bertz CT molecular complexity index is 474. The zero-order valence-electron chi connectivity index (χ0n) is 11.9. The lowest BCUT2D eigenvalue weighted by atomic mass is 9.78. The second kappa shape index (κ2) is 5.61. The maximum Gasteiger partial charge on any atom is 0.408 e. The molecule has 0 aromatic heterocycles. The lowest BCUT2D eigenvalue weighted by Crippen LogP contribution is -2.40. The normalized spacial score (nSPS) is 31.9. The van der Waals surface area contributed by atoms with Crippen LogP contribution in [0.1, 0.15) is 30.9 Å². The Hall–Kier alpha value is -1.07. The van der Waals surface area contributed by atoms with Gasteiger partial charge >= 0.3 is 6.18 Å². The van der Waals surface area contributed by atoms with E-state index in [9.17, 15) is 13.2 Å². The molecule has 2 aliphatic rings. The molecule has 2 N–H and O–H groups in total. The molecular weight excluding hydrogens is 277 g/mol. The predicted octanol–water partition coefficient (Wildman–Crippen LogP) is 3.35. The van der Waals surface area contributed by atoms with Crippen molar-refractivity contribution < 1.29 is 13.2 Å². The van der Waals surface area contributed by atoms with Crippen molar-refractivity contribution in [1.29, 1.82) is 0 Å². The topological polar surface area (TPSA) is 29.3 Å². The highest BCUT2D eigenvalue weighted by Crippen LogP contribution is 2.44. The second-order valence-corrected chi connectivity index (χ2v) is 6.33. The molecule has 0 amide bonds. The zero-order chi connectivity index (χ0) is 15.0. The van der Waals surface area contributed by atoms with Gasteiger partial charge in [0.2, 0.25) is 0 Å². The van der Waals surface area contributed by atoms with Crippen molar-refractivity contribution in [1.82, 2.24) is 4.90 Å². The van der Waals surface area contributed by atoms with Gasteiger partial charge in [0.15, 0.2) is 0 Å². The first-order valence-electron chi connectivity index (χ1n) is 7.58. The molecule has 5 heteroatoms. The van der Waals surface area contributed by atoms with Crippen molar-refractivity contribution in [3.8, 4) is 0 Å². The number of rotatable bonds is 2. The fourth-order valence-corrected chi connectivity index (χ4v) is 4.00. The second-order valence-electron chi connectivity index (χ2n) is 6.33. The summed E-state index contributed by atoms with van der Waals surface area (Å²) in [6.07, 6.45) is -1.26. The van der Waals surface area contributed by atoms with Crippen molar-refractivity contribution in [3.63, 3.8) is 0 Å². The first kappa shape index (κ1) is 14.9. The van der Waals surface area contributed by atoms with E-state index < -0.39 is 12.2 Å². The first-order chi connectivity index (χ1) is 9.97. The van der Waals surface area contributed by atoms with Crippen LogP contribution in [-0.4, -0.2) is 30.2 Å². The molecule has 1 aliphatic carbocycles. The molecule has 1 aromatic rings. The monoisotopic (exact) mass is 298 g/mol. The number of likely N-dealkylation sites (tertiary alicyclic amines) is 1. The van der Waals surface area contributed by atoms with Gasteiger partial charge in [-0.15, -0.1) is 0 Å². The highest BCUT2D eigenvalue weighted by molar-refractivity contribution is 5.21. The van der Waals surface area contributed by atoms with Crippen LogP contribution >= 0.6 is 0 Å². The number of hydrogen-bond donors (Lipinski definition) is 1. The van der Waals surface area contributed by atoms with Gasteiger partial charge in [-0.25, -0.2) is 0 Å². The van der Waals surface area contributed by atoms with Gasteiger partial charge in [-0.3, -0.25) is 4.90 Å². The third-order valence-corrected chi connectivity index (χ3v) is 4.97. The average molecular weight is 298 g/mol. The molecule has 0 spiro atoms. The molecular formula is C16H21F3N2. The zero-order valence-corrected chi connectivity index (χ0v) is 11.9. The number of hydrogen-bond acceptors (Lipinski definition) is 2. The number of alkyl halides is 3. The van der Waals surface area contributed by atoms with Crippen LogP contribution in [0.25, 0.3) is 0 Å². The molecule has 0 radical (unpaired) electrons. The molecule has 4 atom stereocenters. The minimum absolute atomic E-state index is 0.0541. The molecule has 1 saturated carbocycles. The van der Waals surface area contributed by atoms with Gasteiger partial charge in [0.1, 0.15) is 6.04 Å². The Kier molecular flexibility index (Phi) is 3.97. The Morgan fingerprint density at radius 1 is 1.10 bits per heavy atom. The van der Waals surface area contributed by atoms with Crippen molar-refractivity contribution >= 4 is 0 Å². The van der Waals surface area contributed by atoms with Crippen LogP contribution in [0.2, 0.25) is 0 Å². The Labute approximate surface area is 123 Å². The summed E-state index contributed by atoms with van der Waals surface area (Å²) >= 11 is 0. The Balaban J connectivity index is 1.85. The van der Waals surface area contributed by atoms with E-state index in [0.717, 1.165) is 19.3 Å². The van der Waals surface area contributed by atoms with E-state index in [1.807, 2.05) is 0 Å². The van der Waals surface area contributed by atoms with Gasteiger partial charge < -0.3 is 5.73 Å². The minimum atomic E-state index is -4.25. The highest BCUT2D eigenvalue weighted by atomic mass is 19.4. The largest absolute Gasteiger partial charge is 0.408 e. The Morgan fingerprint density at radius 3 is 2.43 bits per heavy atom. The fraction of sp³-hybridized carbons (Fsp3) is 0.625. The maximum absolute atomic E-state index is 13.6. The van der Waals surface area contributed by atoms with Crippen molar-refractivity contribution in [2.45, 2.75) is 37.5 Å². The molecule has 116 valence electrons. The summed E-state index contributed by atoms with van der Waals surface area (Å²) in [5.41, 5.74) is 6.45. The summed E-state index contributed by atoms with van der Waals surface area (Å²) in [4.78, 5) is 1.59. The van der Waals surface area contributed by atoms with Crippen LogP contribution in [0.5, 0.6) is 0 Å². The van der Waals surface area contributed by atoms with Gasteiger partial charge in [-0.2, -0.15) is 13.2 Å². The molecule has 2 nitrogen and oxygen atoms in total. The van der Waals surface area contributed by atoms with E-state index in [0.29, 0.717) is 24.6 Å². The maximum atomic E-state index is 13.6. The van der Waals surface area contributed by atoms with Crippen molar-refractivity contribution in [2.24, 2.45) is 17.6 Å². The number of halogens is 3. The van der Waals surface area contributed by atoms with Gasteiger partial charge in [0, 0.05) is 19.1 Å². The van der Waals surface area contributed by atoms with E-state index >= 15 is 0 Å². The quantitative estimate of drug-likeness (QED) is 0.907. The number of fused-ring (bicyclic) bond motifs is 1. The van der Waals surface area contributed by atoms with Crippen LogP contribution in [0.15, 0.2) is 30.3 Å². The van der Waals surface area contributed by atoms with Crippen LogP contribution in [0.4, 0.5) is 13.2 Å². The summed E-state index contributed by atoms with van der Waals surface area (Å²) < 4.78 is 40.7. The van der Waals surface area contributed by atoms with Crippen molar-refractivity contribution in [3.05, 3.63) is 35.9 Å². The molecule has 21 heavy (non-hydrogen) atoms. The van der Waals surface area contributed by atoms with E-state index in [4.69, 9.17) is 5.73 Å². The van der Waals surface area contributed by atoms with E-state index in [2.05, 4.69) is 0 Å². The first-order valence-corrected chi connectivity index (χ1v) is 7.58. The van der Waals surface area contributed by atoms with E-state index in [-0.39, 0.29) is 12.0 Å². The number of nitrogens with zero attached hydrogens (tertiary/aromatic N) is 1. The van der Waals surface area contributed by atoms with Crippen LogP contribution in [0, 0.1) is 11.8 Å². The lowest BCUT2D eigenvalue weighted by Gasteiger charge is -2.31. The number of nitrogens with two attached hydrogens (primary N) is 1. The van der Waals surface area contributed by atoms with Gasteiger partial charge in [0.05, 0.1) is 0 Å². The minimum Gasteiger partial charge on any atom is -0.327 e. The highest BCUT2D eigenvalue weighted by Gasteiger charge is 2.50. The third kappa shape index (κ3) is 2.94. The van der Waals surface area contributed by atoms with Crippen LogP contribution in [-0.2, 0) is 0 Å².